The molecule has 1 aromatic rings. The van der Waals surface area contributed by atoms with E-state index in [-0.39, 0.29) is 17.9 Å². The second-order valence-corrected chi connectivity index (χ2v) is 6.60. The van der Waals surface area contributed by atoms with Crippen molar-refractivity contribution in [2.75, 3.05) is 0 Å². The van der Waals surface area contributed by atoms with Crippen molar-refractivity contribution in [1.29, 1.82) is 0 Å². The molecule has 2 rings (SSSR count). The zero-order valence-corrected chi connectivity index (χ0v) is 12.8. The second-order valence-electron chi connectivity index (χ2n) is 5.75. The molecule has 1 atom stereocenters. The minimum atomic E-state index is -0.749. The van der Waals surface area contributed by atoms with E-state index >= 15 is 0 Å². The first-order valence-corrected chi connectivity index (χ1v) is 7.60. The van der Waals surface area contributed by atoms with Gasteiger partial charge in [0.05, 0.1) is 6.42 Å². The van der Waals surface area contributed by atoms with Crippen molar-refractivity contribution in [1.82, 2.24) is 0 Å². The molecule has 0 aromatic heterocycles. The van der Waals surface area contributed by atoms with E-state index in [1.54, 1.807) is 12.1 Å². The lowest BCUT2D eigenvalue weighted by atomic mass is 9.76. The van der Waals surface area contributed by atoms with Gasteiger partial charge in [-0.1, -0.05) is 42.1 Å². The van der Waals surface area contributed by atoms with Crippen LogP contribution in [0, 0.1) is 5.41 Å². The molecule has 1 fully saturated rings. The second kappa shape index (κ2) is 6.33. The zero-order chi connectivity index (χ0) is 14.8. The minimum absolute atomic E-state index is 0.186. The molecule has 1 aliphatic rings. The predicted octanol–water partition coefficient (Wildman–Crippen LogP) is 4.42. The fourth-order valence-corrected chi connectivity index (χ4v) is 3.83. The highest BCUT2D eigenvalue weighted by molar-refractivity contribution is 6.35. The predicted molar refractivity (Wildman–Crippen MR) is 81.2 cm³/mol. The number of benzene rings is 1. The van der Waals surface area contributed by atoms with Crippen LogP contribution in [0.15, 0.2) is 18.2 Å². The molecule has 1 aromatic carbocycles. The van der Waals surface area contributed by atoms with Crippen LogP contribution in [0.3, 0.4) is 0 Å². The molecule has 3 nitrogen and oxygen atoms in total. The molecular formula is C15H19Cl2NO2. The Balaban J connectivity index is 2.16. The number of carbonyl (C=O) groups is 1. The third-order valence-electron chi connectivity index (χ3n) is 4.21. The molecule has 0 spiro atoms. The Morgan fingerprint density at radius 2 is 2.00 bits per heavy atom. The van der Waals surface area contributed by atoms with E-state index in [2.05, 4.69) is 0 Å². The number of aliphatic carboxylic acids is 1. The summed E-state index contributed by atoms with van der Waals surface area (Å²) in [6.07, 6.45) is 4.85. The van der Waals surface area contributed by atoms with Crippen LogP contribution in [0.5, 0.6) is 0 Å². The summed E-state index contributed by atoms with van der Waals surface area (Å²) in [6, 6.07) is 5.02. The normalized spacial score (nSPS) is 18.9. The van der Waals surface area contributed by atoms with Gasteiger partial charge in [0.25, 0.3) is 0 Å². The lowest BCUT2D eigenvalue weighted by Crippen LogP contribution is -2.27. The van der Waals surface area contributed by atoms with Gasteiger partial charge in [0.1, 0.15) is 0 Å². The molecule has 0 amide bonds. The van der Waals surface area contributed by atoms with Gasteiger partial charge in [-0.25, -0.2) is 0 Å². The molecular weight excluding hydrogens is 297 g/mol. The molecule has 5 heteroatoms. The number of hydrogen-bond donors (Lipinski definition) is 2. The number of nitrogens with two attached hydrogens (primary N) is 1. The third kappa shape index (κ3) is 3.66. The summed E-state index contributed by atoms with van der Waals surface area (Å²) in [7, 11) is 0. The molecule has 1 aliphatic carbocycles. The lowest BCUT2D eigenvalue weighted by Gasteiger charge is -2.30. The molecule has 0 aliphatic heterocycles. The van der Waals surface area contributed by atoms with E-state index in [9.17, 15) is 4.79 Å². The van der Waals surface area contributed by atoms with E-state index in [0.29, 0.717) is 16.5 Å². The Bertz CT molecular complexity index is 499. The van der Waals surface area contributed by atoms with Gasteiger partial charge in [-0.2, -0.15) is 0 Å². The van der Waals surface area contributed by atoms with Gasteiger partial charge in [-0.3, -0.25) is 4.79 Å². The quantitative estimate of drug-likeness (QED) is 0.845. The van der Waals surface area contributed by atoms with E-state index in [4.69, 9.17) is 34.0 Å². The van der Waals surface area contributed by atoms with Gasteiger partial charge < -0.3 is 10.8 Å². The highest BCUT2D eigenvalue weighted by atomic mass is 35.5. The Labute approximate surface area is 129 Å². The summed E-state index contributed by atoms with van der Waals surface area (Å²) < 4.78 is 0. The summed E-state index contributed by atoms with van der Waals surface area (Å²) in [4.78, 5) is 11.1. The average molecular weight is 316 g/mol. The molecule has 0 saturated heterocycles. The van der Waals surface area contributed by atoms with E-state index in [0.717, 1.165) is 31.2 Å². The largest absolute Gasteiger partial charge is 0.481 e. The van der Waals surface area contributed by atoms with Gasteiger partial charge in [-0.05, 0) is 42.4 Å². The Morgan fingerprint density at radius 3 is 2.55 bits per heavy atom. The zero-order valence-electron chi connectivity index (χ0n) is 11.2. The Morgan fingerprint density at radius 1 is 1.35 bits per heavy atom. The van der Waals surface area contributed by atoms with Crippen molar-refractivity contribution in [2.24, 2.45) is 11.1 Å². The monoisotopic (exact) mass is 315 g/mol. The standard InChI is InChI=1S/C15H19Cl2NO2/c16-10-3-4-11(12(17)7-10)13(18)8-15(9-14(19)20)5-1-2-6-15/h3-4,7,13H,1-2,5-6,8-9,18H2,(H,19,20). The number of rotatable bonds is 5. The molecule has 0 heterocycles. The summed E-state index contributed by atoms with van der Waals surface area (Å²) in [5.41, 5.74) is 6.92. The maximum absolute atomic E-state index is 11.1. The minimum Gasteiger partial charge on any atom is -0.481 e. The average Bonchev–Trinajstić information content (AvgIpc) is 2.75. The highest BCUT2D eigenvalue weighted by Crippen LogP contribution is 2.47. The van der Waals surface area contributed by atoms with E-state index in [1.807, 2.05) is 6.07 Å². The fraction of sp³-hybridized carbons (Fsp3) is 0.533. The molecule has 0 radical (unpaired) electrons. The van der Waals surface area contributed by atoms with Crippen LogP contribution < -0.4 is 5.73 Å². The van der Waals surface area contributed by atoms with Crippen molar-refractivity contribution < 1.29 is 9.90 Å². The first-order chi connectivity index (χ1) is 9.42. The van der Waals surface area contributed by atoms with Crippen molar-refractivity contribution in [3.05, 3.63) is 33.8 Å². The van der Waals surface area contributed by atoms with Crippen LogP contribution in [0.2, 0.25) is 10.0 Å². The maximum atomic E-state index is 11.1. The van der Waals surface area contributed by atoms with Gasteiger partial charge in [0.2, 0.25) is 0 Å². The van der Waals surface area contributed by atoms with Gasteiger partial charge in [0, 0.05) is 16.1 Å². The van der Waals surface area contributed by atoms with Crippen LogP contribution in [0.1, 0.15) is 50.1 Å². The first-order valence-electron chi connectivity index (χ1n) is 6.84. The SMILES string of the molecule is NC(CC1(CC(=O)O)CCCC1)c1ccc(Cl)cc1Cl. The van der Waals surface area contributed by atoms with Gasteiger partial charge in [-0.15, -0.1) is 0 Å². The van der Waals surface area contributed by atoms with Crippen LogP contribution in [0.4, 0.5) is 0 Å². The maximum Gasteiger partial charge on any atom is 0.303 e. The van der Waals surface area contributed by atoms with E-state index in [1.165, 1.54) is 0 Å². The number of halogens is 2. The number of hydrogen-bond acceptors (Lipinski definition) is 2. The molecule has 1 unspecified atom stereocenters. The number of carboxylic acid groups (broad SMARTS) is 1. The Kier molecular flexibility index (Phi) is 4.95. The van der Waals surface area contributed by atoms with Gasteiger partial charge >= 0.3 is 5.97 Å². The fourth-order valence-electron chi connectivity index (χ4n) is 3.28. The van der Waals surface area contributed by atoms with Crippen LogP contribution in [-0.4, -0.2) is 11.1 Å². The van der Waals surface area contributed by atoms with Crippen LogP contribution in [-0.2, 0) is 4.79 Å². The van der Waals surface area contributed by atoms with E-state index < -0.39 is 5.97 Å². The smallest absolute Gasteiger partial charge is 0.303 e. The topological polar surface area (TPSA) is 63.3 Å². The lowest BCUT2D eigenvalue weighted by molar-refractivity contribution is -0.139. The Hall–Kier alpha value is -0.770. The third-order valence-corrected chi connectivity index (χ3v) is 4.77. The van der Waals surface area contributed by atoms with Crippen molar-refractivity contribution >= 4 is 29.2 Å². The van der Waals surface area contributed by atoms with Crippen molar-refractivity contribution in [3.63, 3.8) is 0 Å². The van der Waals surface area contributed by atoms with Gasteiger partial charge in [0.15, 0.2) is 0 Å². The van der Waals surface area contributed by atoms with Crippen molar-refractivity contribution in [3.8, 4) is 0 Å². The molecule has 0 bridgehead atoms. The van der Waals surface area contributed by atoms with Crippen LogP contribution in [0.25, 0.3) is 0 Å². The summed E-state index contributed by atoms with van der Waals surface area (Å²) >= 11 is 12.1. The first kappa shape index (κ1) is 15.6. The summed E-state index contributed by atoms with van der Waals surface area (Å²) in [6.45, 7) is 0. The highest BCUT2D eigenvalue weighted by Gasteiger charge is 2.37. The molecule has 20 heavy (non-hydrogen) atoms. The van der Waals surface area contributed by atoms with Crippen LogP contribution >= 0.6 is 23.2 Å². The molecule has 110 valence electrons. The number of carboxylic acids is 1. The summed E-state index contributed by atoms with van der Waals surface area (Å²) in [5.74, 6) is -0.749. The molecule has 3 N–H and O–H groups in total. The van der Waals surface area contributed by atoms with Crippen molar-refractivity contribution in [2.45, 2.75) is 44.6 Å². The summed E-state index contributed by atoms with van der Waals surface area (Å²) in [5, 5.41) is 10.3. The molecule has 1 saturated carbocycles.